The summed E-state index contributed by atoms with van der Waals surface area (Å²) in [5.41, 5.74) is 6.58. The summed E-state index contributed by atoms with van der Waals surface area (Å²) < 4.78 is 26.4. The molecule has 0 bridgehead atoms. The van der Waals surface area contributed by atoms with Crippen molar-refractivity contribution in [1.29, 1.82) is 5.41 Å². The Morgan fingerprint density at radius 2 is 2.07 bits per heavy atom. The summed E-state index contributed by atoms with van der Waals surface area (Å²) in [6.07, 6.45) is 0.973. The Morgan fingerprint density at radius 1 is 1.47 bits per heavy atom. The fourth-order valence-electron chi connectivity index (χ4n) is 1.16. The predicted molar refractivity (Wildman–Crippen MR) is 57.7 cm³/mol. The summed E-state index contributed by atoms with van der Waals surface area (Å²) in [5, 5.41) is 7.25. The molecule has 0 aliphatic rings. The van der Waals surface area contributed by atoms with Crippen LogP contribution in [0.25, 0.3) is 0 Å². The van der Waals surface area contributed by atoms with E-state index >= 15 is 0 Å². The lowest BCUT2D eigenvalue weighted by Crippen LogP contribution is -2.13. The Kier molecular flexibility index (Phi) is 2.99. The molecule has 0 fully saturated rings. The van der Waals surface area contributed by atoms with Gasteiger partial charge in [0, 0.05) is 5.56 Å². The molecule has 6 heteroatoms. The Morgan fingerprint density at radius 3 is 2.47 bits per heavy atom. The van der Waals surface area contributed by atoms with Gasteiger partial charge in [-0.25, -0.2) is 0 Å². The third-order valence-corrected chi connectivity index (χ3v) is 2.23. The summed E-state index contributed by atoms with van der Waals surface area (Å²) >= 11 is 0. The molecule has 1 aromatic rings. The normalized spacial score (nSPS) is 11.1. The number of rotatable bonds is 3. The molecule has 0 aliphatic carbocycles. The predicted octanol–water partition coefficient (Wildman–Crippen LogP) is 0.617. The number of nitrogens with two attached hydrogens (primary N) is 1. The highest BCUT2D eigenvalue weighted by atomic mass is 32.2. The summed E-state index contributed by atoms with van der Waals surface area (Å²) in [5.74, 6) is 0.165. The third kappa shape index (κ3) is 3.25. The van der Waals surface area contributed by atoms with E-state index in [-0.39, 0.29) is 11.6 Å². The van der Waals surface area contributed by atoms with Gasteiger partial charge in [-0.05, 0) is 30.7 Å². The van der Waals surface area contributed by atoms with E-state index in [0.29, 0.717) is 11.1 Å². The van der Waals surface area contributed by atoms with Crippen LogP contribution >= 0.6 is 0 Å². The molecule has 5 nitrogen and oxygen atoms in total. The van der Waals surface area contributed by atoms with Crippen molar-refractivity contribution in [1.82, 2.24) is 0 Å². The number of aryl methyl sites for hydroxylation is 1. The maximum atomic E-state index is 10.8. The molecule has 0 spiro atoms. The third-order valence-electron chi connectivity index (χ3n) is 1.74. The van der Waals surface area contributed by atoms with E-state index in [1.165, 1.54) is 12.1 Å². The Labute approximate surface area is 88.5 Å². The van der Waals surface area contributed by atoms with Crippen molar-refractivity contribution >= 4 is 16.0 Å². The van der Waals surface area contributed by atoms with Gasteiger partial charge in [0.05, 0.1) is 6.26 Å². The first-order valence-corrected chi connectivity index (χ1v) is 5.96. The van der Waals surface area contributed by atoms with Gasteiger partial charge >= 0.3 is 10.1 Å². The van der Waals surface area contributed by atoms with Gasteiger partial charge in [0.1, 0.15) is 11.6 Å². The Balaban J connectivity index is 3.07. The molecule has 1 aromatic carbocycles. The number of amidine groups is 1. The SMILES string of the molecule is Cc1cc(OS(C)(=O)=O)ccc1C(=N)N. The average Bonchev–Trinajstić information content (AvgIpc) is 1.99. The first-order valence-electron chi connectivity index (χ1n) is 4.14. The molecule has 0 aliphatic heterocycles. The molecule has 15 heavy (non-hydrogen) atoms. The van der Waals surface area contributed by atoms with Gasteiger partial charge in [-0.3, -0.25) is 5.41 Å². The molecular weight excluding hydrogens is 216 g/mol. The Bertz CT molecular complexity index is 494. The largest absolute Gasteiger partial charge is 0.384 e. The summed E-state index contributed by atoms with van der Waals surface area (Å²) in [4.78, 5) is 0. The van der Waals surface area contributed by atoms with Crippen molar-refractivity contribution in [2.75, 3.05) is 6.26 Å². The van der Waals surface area contributed by atoms with Gasteiger partial charge in [0.2, 0.25) is 0 Å². The molecule has 0 saturated carbocycles. The Hall–Kier alpha value is -1.56. The van der Waals surface area contributed by atoms with Gasteiger partial charge in [0.15, 0.2) is 0 Å². The van der Waals surface area contributed by atoms with Crippen LogP contribution in [0.1, 0.15) is 11.1 Å². The molecule has 0 amide bonds. The van der Waals surface area contributed by atoms with E-state index in [2.05, 4.69) is 4.18 Å². The number of hydrogen-bond acceptors (Lipinski definition) is 4. The fourth-order valence-corrected chi connectivity index (χ4v) is 1.62. The molecule has 0 radical (unpaired) electrons. The zero-order chi connectivity index (χ0) is 11.6. The van der Waals surface area contributed by atoms with Gasteiger partial charge in [-0.1, -0.05) is 0 Å². The minimum atomic E-state index is -3.51. The van der Waals surface area contributed by atoms with E-state index < -0.39 is 10.1 Å². The highest BCUT2D eigenvalue weighted by molar-refractivity contribution is 7.86. The highest BCUT2D eigenvalue weighted by Gasteiger charge is 2.07. The van der Waals surface area contributed by atoms with Crippen molar-refractivity contribution in [2.24, 2.45) is 5.73 Å². The molecular formula is C9H12N2O3S. The molecule has 1 rings (SSSR count). The second-order valence-electron chi connectivity index (χ2n) is 3.18. The van der Waals surface area contributed by atoms with Crippen LogP contribution in [-0.4, -0.2) is 20.5 Å². The van der Waals surface area contributed by atoms with E-state index in [1.807, 2.05) is 0 Å². The van der Waals surface area contributed by atoms with E-state index in [0.717, 1.165) is 6.26 Å². The van der Waals surface area contributed by atoms with Gasteiger partial charge < -0.3 is 9.92 Å². The molecule has 0 atom stereocenters. The van der Waals surface area contributed by atoms with Gasteiger partial charge in [0.25, 0.3) is 0 Å². The second kappa shape index (κ2) is 3.90. The molecule has 0 saturated heterocycles. The highest BCUT2D eigenvalue weighted by Crippen LogP contribution is 2.18. The van der Waals surface area contributed by atoms with Crippen LogP contribution in [0.2, 0.25) is 0 Å². The van der Waals surface area contributed by atoms with Crippen LogP contribution < -0.4 is 9.92 Å². The molecule has 0 heterocycles. The van der Waals surface area contributed by atoms with Crippen molar-refractivity contribution < 1.29 is 12.6 Å². The first-order chi connectivity index (χ1) is 6.79. The monoisotopic (exact) mass is 228 g/mol. The quantitative estimate of drug-likeness (QED) is 0.450. The van der Waals surface area contributed by atoms with Crippen LogP contribution in [-0.2, 0) is 10.1 Å². The van der Waals surface area contributed by atoms with Gasteiger partial charge in [-0.2, -0.15) is 8.42 Å². The molecule has 0 unspecified atom stereocenters. The van der Waals surface area contributed by atoms with Crippen LogP contribution in [0.3, 0.4) is 0 Å². The number of benzene rings is 1. The lowest BCUT2D eigenvalue weighted by molar-refractivity contribution is 0.493. The number of hydrogen-bond donors (Lipinski definition) is 2. The molecule has 3 N–H and O–H groups in total. The lowest BCUT2D eigenvalue weighted by atomic mass is 10.1. The van der Waals surface area contributed by atoms with Crippen molar-refractivity contribution in [3.63, 3.8) is 0 Å². The maximum Gasteiger partial charge on any atom is 0.306 e. The van der Waals surface area contributed by atoms with Crippen molar-refractivity contribution in [3.8, 4) is 5.75 Å². The van der Waals surface area contributed by atoms with E-state index in [9.17, 15) is 8.42 Å². The topological polar surface area (TPSA) is 93.2 Å². The first kappa shape index (κ1) is 11.5. The van der Waals surface area contributed by atoms with Crippen LogP contribution in [0.5, 0.6) is 5.75 Å². The van der Waals surface area contributed by atoms with Gasteiger partial charge in [-0.15, -0.1) is 0 Å². The summed E-state index contributed by atoms with van der Waals surface area (Å²) in [7, 11) is -3.51. The molecule has 82 valence electrons. The van der Waals surface area contributed by atoms with Crippen LogP contribution in [0.15, 0.2) is 18.2 Å². The number of nitrogens with one attached hydrogen (secondary N) is 1. The van der Waals surface area contributed by atoms with Crippen LogP contribution in [0, 0.1) is 12.3 Å². The minimum Gasteiger partial charge on any atom is -0.384 e. The molecule has 0 aromatic heterocycles. The fraction of sp³-hybridized carbons (Fsp3) is 0.222. The van der Waals surface area contributed by atoms with E-state index in [1.54, 1.807) is 13.0 Å². The number of nitrogen functional groups attached to an aromatic ring is 1. The lowest BCUT2D eigenvalue weighted by Gasteiger charge is -2.07. The van der Waals surface area contributed by atoms with E-state index in [4.69, 9.17) is 11.1 Å². The van der Waals surface area contributed by atoms with Crippen LogP contribution in [0.4, 0.5) is 0 Å². The second-order valence-corrected chi connectivity index (χ2v) is 4.75. The zero-order valence-electron chi connectivity index (χ0n) is 8.44. The summed E-state index contributed by atoms with van der Waals surface area (Å²) in [6, 6.07) is 4.54. The van der Waals surface area contributed by atoms with Crippen molar-refractivity contribution in [3.05, 3.63) is 29.3 Å². The van der Waals surface area contributed by atoms with Crippen molar-refractivity contribution in [2.45, 2.75) is 6.92 Å². The standard InChI is InChI=1S/C9H12N2O3S/c1-6-5-7(14-15(2,12)13)3-4-8(6)9(10)11/h3-5H,1-2H3,(H3,10,11). The smallest absolute Gasteiger partial charge is 0.306 e. The minimum absolute atomic E-state index is 0.0570. The average molecular weight is 228 g/mol. The summed E-state index contributed by atoms with van der Waals surface area (Å²) in [6.45, 7) is 1.73. The maximum absolute atomic E-state index is 10.8. The zero-order valence-corrected chi connectivity index (χ0v) is 9.26.